The standard InChI is InChI=1S/C14H19N3/c1-11-3-4-13-8-15-14(17(13)9-11)7-12-5-6-16(2)10-12/h3-4,8-9,12H,5-7,10H2,1-2H3. The Balaban J connectivity index is 1.87. The van der Waals surface area contributed by atoms with E-state index >= 15 is 0 Å². The lowest BCUT2D eigenvalue weighted by molar-refractivity contribution is 0.392. The Morgan fingerprint density at radius 3 is 3.06 bits per heavy atom. The van der Waals surface area contributed by atoms with Crippen molar-refractivity contribution in [2.24, 2.45) is 5.92 Å². The number of aryl methyl sites for hydroxylation is 1. The van der Waals surface area contributed by atoms with Gasteiger partial charge in [0.1, 0.15) is 5.82 Å². The molecule has 1 aliphatic heterocycles. The van der Waals surface area contributed by atoms with Crippen LogP contribution in [0.2, 0.25) is 0 Å². The Hall–Kier alpha value is -1.35. The SMILES string of the molecule is Cc1ccc2cnc(CC3CCN(C)C3)n2c1. The van der Waals surface area contributed by atoms with E-state index in [1.165, 1.54) is 36.4 Å². The summed E-state index contributed by atoms with van der Waals surface area (Å²) in [6, 6.07) is 4.29. The maximum absolute atomic E-state index is 4.57. The molecule has 0 amide bonds. The summed E-state index contributed by atoms with van der Waals surface area (Å²) in [5.41, 5.74) is 2.50. The minimum absolute atomic E-state index is 0.770. The van der Waals surface area contributed by atoms with Crippen LogP contribution in [0.3, 0.4) is 0 Å². The number of pyridine rings is 1. The van der Waals surface area contributed by atoms with E-state index in [-0.39, 0.29) is 0 Å². The molecule has 3 heterocycles. The molecule has 3 nitrogen and oxygen atoms in total. The number of likely N-dealkylation sites (tertiary alicyclic amines) is 1. The lowest BCUT2D eigenvalue weighted by Gasteiger charge is -2.09. The highest BCUT2D eigenvalue weighted by molar-refractivity contribution is 5.46. The van der Waals surface area contributed by atoms with Gasteiger partial charge in [-0.3, -0.25) is 0 Å². The van der Waals surface area contributed by atoms with Gasteiger partial charge in [0.25, 0.3) is 0 Å². The van der Waals surface area contributed by atoms with E-state index in [9.17, 15) is 0 Å². The van der Waals surface area contributed by atoms with Gasteiger partial charge < -0.3 is 9.30 Å². The quantitative estimate of drug-likeness (QED) is 0.786. The van der Waals surface area contributed by atoms with E-state index in [1.54, 1.807) is 0 Å². The summed E-state index contributed by atoms with van der Waals surface area (Å²) in [7, 11) is 2.20. The van der Waals surface area contributed by atoms with Gasteiger partial charge in [-0.25, -0.2) is 4.98 Å². The zero-order valence-electron chi connectivity index (χ0n) is 10.6. The minimum atomic E-state index is 0.770. The molecule has 2 aromatic rings. The number of hydrogen-bond donors (Lipinski definition) is 0. The van der Waals surface area contributed by atoms with Crippen molar-refractivity contribution < 1.29 is 0 Å². The van der Waals surface area contributed by atoms with E-state index in [0.29, 0.717) is 0 Å². The summed E-state index contributed by atoms with van der Waals surface area (Å²) in [6.45, 7) is 4.57. The normalized spacial score (nSPS) is 21.4. The van der Waals surface area contributed by atoms with Crippen molar-refractivity contribution in [3.63, 3.8) is 0 Å². The van der Waals surface area contributed by atoms with Crippen LogP contribution in [0.4, 0.5) is 0 Å². The lowest BCUT2D eigenvalue weighted by Crippen LogP contribution is -2.15. The van der Waals surface area contributed by atoms with E-state index in [1.807, 2.05) is 6.20 Å². The summed E-state index contributed by atoms with van der Waals surface area (Å²) in [4.78, 5) is 6.98. The second-order valence-electron chi connectivity index (χ2n) is 5.30. The van der Waals surface area contributed by atoms with Gasteiger partial charge in [-0.1, -0.05) is 6.07 Å². The van der Waals surface area contributed by atoms with E-state index in [0.717, 1.165) is 12.3 Å². The molecule has 17 heavy (non-hydrogen) atoms. The van der Waals surface area contributed by atoms with Crippen molar-refractivity contribution >= 4 is 5.52 Å². The van der Waals surface area contributed by atoms with Gasteiger partial charge in [-0.15, -0.1) is 0 Å². The third-order valence-corrected chi connectivity index (χ3v) is 3.71. The third-order valence-electron chi connectivity index (χ3n) is 3.71. The molecule has 1 fully saturated rings. The molecule has 90 valence electrons. The van der Waals surface area contributed by atoms with E-state index < -0.39 is 0 Å². The highest BCUT2D eigenvalue weighted by Gasteiger charge is 2.21. The number of imidazole rings is 1. The molecule has 1 unspecified atom stereocenters. The smallest absolute Gasteiger partial charge is 0.113 e. The van der Waals surface area contributed by atoms with Gasteiger partial charge in [0.15, 0.2) is 0 Å². The fourth-order valence-electron chi connectivity index (χ4n) is 2.75. The summed E-state index contributed by atoms with van der Waals surface area (Å²) < 4.78 is 2.24. The van der Waals surface area contributed by atoms with E-state index in [2.05, 4.69) is 46.6 Å². The van der Waals surface area contributed by atoms with Crippen LogP contribution in [0.1, 0.15) is 17.8 Å². The second-order valence-corrected chi connectivity index (χ2v) is 5.30. The van der Waals surface area contributed by atoms with Crippen molar-refractivity contribution in [3.05, 3.63) is 35.9 Å². The lowest BCUT2D eigenvalue weighted by atomic mass is 10.0. The van der Waals surface area contributed by atoms with Crippen LogP contribution in [0.5, 0.6) is 0 Å². The van der Waals surface area contributed by atoms with Crippen LogP contribution >= 0.6 is 0 Å². The molecule has 3 rings (SSSR count). The average molecular weight is 229 g/mol. The predicted octanol–water partition coefficient (Wildman–Crippen LogP) is 2.14. The first-order valence-corrected chi connectivity index (χ1v) is 6.33. The van der Waals surface area contributed by atoms with Gasteiger partial charge in [-0.2, -0.15) is 0 Å². The fourth-order valence-corrected chi connectivity index (χ4v) is 2.75. The molecule has 0 bridgehead atoms. The van der Waals surface area contributed by atoms with Crippen LogP contribution < -0.4 is 0 Å². The molecule has 2 aromatic heterocycles. The molecule has 0 aliphatic carbocycles. The molecular formula is C14H19N3. The first-order chi connectivity index (χ1) is 8.22. The zero-order chi connectivity index (χ0) is 11.8. The first kappa shape index (κ1) is 10.8. The van der Waals surface area contributed by atoms with E-state index in [4.69, 9.17) is 0 Å². The zero-order valence-corrected chi connectivity index (χ0v) is 10.6. The molecule has 1 aliphatic rings. The molecule has 0 radical (unpaired) electrons. The topological polar surface area (TPSA) is 20.5 Å². The van der Waals surface area contributed by atoms with Crippen LogP contribution in [-0.4, -0.2) is 34.4 Å². The van der Waals surface area contributed by atoms with Crippen molar-refractivity contribution in [1.82, 2.24) is 14.3 Å². The Kier molecular flexibility index (Phi) is 2.63. The summed E-state index contributed by atoms with van der Waals surface area (Å²) >= 11 is 0. The largest absolute Gasteiger partial charge is 0.306 e. The number of aromatic nitrogens is 2. The maximum Gasteiger partial charge on any atom is 0.113 e. The van der Waals surface area contributed by atoms with Gasteiger partial charge in [-0.05, 0) is 44.5 Å². The second kappa shape index (κ2) is 4.15. The Labute approximate surface area is 102 Å². The molecule has 0 saturated carbocycles. The monoisotopic (exact) mass is 229 g/mol. The average Bonchev–Trinajstić information content (AvgIpc) is 2.87. The summed E-state index contributed by atoms with van der Waals surface area (Å²) in [6.07, 6.45) is 6.57. The maximum atomic E-state index is 4.57. The van der Waals surface area contributed by atoms with Crippen molar-refractivity contribution in [2.75, 3.05) is 20.1 Å². The molecule has 0 N–H and O–H groups in total. The fraction of sp³-hybridized carbons (Fsp3) is 0.500. The van der Waals surface area contributed by atoms with Crippen LogP contribution in [0.15, 0.2) is 24.5 Å². The molecular weight excluding hydrogens is 210 g/mol. The first-order valence-electron chi connectivity index (χ1n) is 6.33. The molecule has 0 aromatic carbocycles. The third kappa shape index (κ3) is 2.07. The van der Waals surface area contributed by atoms with Gasteiger partial charge in [0, 0.05) is 19.2 Å². The summed E-state index contributed by atoms with van der Waals surface area (Å²) in [5, 5.41) is 0. The van der Waals surface area contributed by atoms with Crippen LogP contribution in [0, 0.1) is 12.8 Å². The number of fused-ring (bicyclic) bond motifs is 1. The number of hydrogen-bond acceptors (Lipinski definition) is 2. The predicted molar refractivity (Wildman–Crippen MR) is 69.2 cm³/mol. The van der Waals surface area contributed by atoms with Gasteiger partial charge >= 0.3 is 0 Å². The highest BCUT2D eigenvalue weighted by Crippen LogP contribution is 2.20. The highest BCUT2D eigenvalue weighted by atomic mass is 15.1. The van der Waals surface area contributed by atoms with Crippen molar-refractivity contribution in [2.45, 2.75) is 19.8 Å². The Bertz CT molecular complexity index is 529. The molecule has 1 atom stereocenters. The Morgan fingerprint density at radius 1 is 1.41 bits per heavy atom. The number of rotatable bonds is 2. The molecule has 3 heteroatoms. The summed E-state index contributed by atoms with van der Waals surface area (Å²) in [5.74, 6) is 1.98. The van der Waals surface area contributed by atoms with Crippen LogP contribution in [-0.2, 0) is 6.42 Å². The molecule has 0 spiro atoms. The van der Waals surface area contributed by atoms with Gasteiger partial charge in [0.05, 0.1) is 11.7 Å². The van der Waals surface area contributed by atoms with Gasteiger partial charge in [0.2, 0.25) is 0 Å². The van der Waals surface area contributed by atoms with Crippen molar-refractivity contribution in [1.29, 1.82) is 0 Å². The van der Waals surface area contributed by atoms with Crippen LogP contribution in [0.25, 0.3) is 5.52 Å². The minimum Gasteiger partial charge on any atom is -0.306 e. The molecule has 1 saturated heterocycles. The van der Waals surface area contributed by atoms with Crippen molar-refractivity contribution in [3.8, 4) is 0 Å². The Morgan fingerprint density at radius 2 is 2.29 bits per heavy atom. The number of nitrogens with zero attached hydrogens (tertiary/aromatic N) is 3.